The van der Waals surface area contributed by atoms with Crippen molar-refractivity contribution in [2.45, 2.75) is 46.7 Å². The number of hydrogen-bond acceptors (Lipinski definition) is 4. The third-order valence-corrected chi connectivity index (χ3v) is 4.96. The fourth-order valence-corrected chi connectivity index (χ4v) is 2.97. The van der Waals surface area contributed by atoms with Crippen molar-refractivity contribution < 1.29 is 14.4 Å². The molecule has 0 spiro atoms. The first-order valence-corrected chi connectivity index (χ1v) is 10.1. The topological polar surface area (TPSA) is 90.1 Å². The number of nitriles is 1. The Morgan fingerprint density at radius 2 is 1.94 bits per heavy atom. The molecule has 1 aromatic heterocycles. The highest BCUT2D eigenvalue weighted by atomic mass is 19.1. The Balaban J connectivity index is 0.000000406. The van der Waals surface area contributed by atoms with E-state index < -0.39 is 0 Å². The normalized spacial score (nSPS) is 10.8. The maximum absolute atomic E-state index is 13.3. The molecule has 3 N–H and O–H groups in total. The van der Waals surface area contributed by atoms with E-state index >= 15 is 0 Å². The van der Waals surface area contributed by atoms with Crippen LogP contribution < -0.4 is 10.8 Å². The molecule has 0 aliphatic heterocycles. The SMILES string of the molecule is CCC(C)NC=O.CNO.Cc1c(C)n(Cc2cccc(F)c2)c2ccc(C#N)cc12. The van der Waals surface area contributed by atoms with Crippen LogP contribution >= 0.6 is 0 Å². The Kier molecular flexibility index (Phi) is 11.0. The molecule has 31 heavy (non-hydrogen) atoms. The van der Waals surface area contributed by atoms with E-state index in [9.17, 15) is 9.18 Å². The summed E-state index contributed by atoms with van der Waals surface area (Å²) in [5, 5.41) is 20.1. The highest BCUT2D eigenvalue weighted by Crippen LogP contribution is 2.27. The lowest BCUT2D eigenvalue weighted by atomic mass is 10.1. The molecular formula is C24H31FN4O2. The second kappa shape index (κ2) is 13.2. The number of nitrogens with zero attached hydrogens (tertiary/aromatic N) is 2. The van der Waals surface area contributed by atoms with Crippen molar-refractivity contribution in [1.29, 1.82) is 5.26 Å². The van der Waals surface area contributed by atoms with Crippen molar-refractivity contribution in [3.8, 4) is 6.07 Å². The largest absolute Gasteiger partial charge is 0.356 e. The molecule has 1 atom stereocenters. The van der Waals surface area contributed by atoms with Crippen LogP contribution in [0.15, 0.2) is 42.5 Å². The molecule has 166 valence electrons. The molecule has 0 aliphatic rings. The van der Waals surface area contributed by atoms with Crippen LogP contribution in [0.4, 0.5) is 4.39 Å². The average molecular weight is 427 g/mol. The standard InChI is InChI=1S/C18H15FN2.C5H11NO.CH5NO/c1-12-13(2)21(11-15-4-3-5-16(19)8-15)18-7-6-14(10-20)9-17(12)18;1-3-5(2)6-4-7;1-2-3/h3-9H,11H2,1-2H3;4-5H,3H2,1-2H3,(H,6,7);2-3H,1H3. The van der Waals surface area contributed by atoms with Crippen LogP contribution in [0.5, 0.6) is 0 Å². The summed E-state index contributed by atoms with van der Waals surface area (Å²) in [6, 6.07) is 14.9. The average Bonchev–Trinajstić information content (AvgIpc) is 2.99. The minimum Gasteiger partial charge on any atom is -0.356 e. The second-order valence-electron chi connectivity index (χ2n) is 7.09. The third kappa shape index (κ3) is 7.52. The van der Waals surface area contributed by atoms with Gasteiger partial charge in [0.25, 0.3) is 0 Å². The zero-order chi connectivity index (χ0) is 23.4. The van der Waals surface area contributed by atoms with Gasteiger partial charge in [0.15, 0.2) is 0 Å². The summed E-state index contributed by atoms with van der Waals surface area (Å²) in [7, 11) is 1.43. The predicted octanol–water partition coefficient (Wildman–Crippen LogP) is 4.44. The van der Waals surface area contributed by atoms with E-state index in [0.29, 0.717) is 18.2 Å². The Morgan fingerprint density at radius 1 is 1.26 bits per heavy atom. The fourth-order valence-electron chi connectivity index (χ4n) is 2.97. The fraction of sp³-hybridized carbons (Fsp3) is 0.333. The molecular weight excluding hydrogens is 395 g/mol. The number of hydrogen-bond donors (Lipinski definition) is 3. The minimum absolute atomic E-state index is 0.217. The molecule has 1 heterocycles. The zero-order valence-corrected chi connectivity index (χ0v) is 18.7. The van der Waals surface area contributed by atoms with Crippen LogP contribution in [0.25, 0.3) is 10.9 Å². The van der Waals surface area contributed by atoms with Crippen molar-refractivity contribution in [2.24, 2.45) is 0 Å². The van der Waals surface area contributed by atoms with E-state index in [2.05, 4.69) is 29.8 Å². The lowest BCUT2D eigenvalue weighted by molar-refractivity contribution is -0.110. The van der Waals surface area contributed by atoms with Gasteiger partial charge in [0.1, 0.15) is 5.82 Å². The van der Waals surface area contributed by atoms with Gasteiger partial charge in [-0.25, -0.2) is 9.87 Å². The van der Waals surface area contributed by atoms with Crippen LogP contribution in [0.3, 0.4) is 0 Å². The number of benzene rings is 2. The zero-order valence-electron chi connectivity index (χ0n) is 18.7. The molecule has 0 radical (unpaired) electrons. The molecule has 0 bridgehead atoms. The Labute approximate surface area is 183 Å². The molecule has 0 saturated carbocycles. The molecule has 0 saturated heterocycles. The monoisotopic (exact) mass is 426 g/mol. The summed E-state index contributed by atoms with van der Waals surface area (Å²) >= 11 is 0. The number of carbonyl (C=O) groups excluding carboxylic acids is 1. The van der Waals surface area contributed by atoms with Crippen molar-refractivity contribution >= 4 is 17.3 Å². The van der Waals surface area contributed by atoms with Gasteiger partial charge in [-0.1, -0.05) is 19.1 Å². The number of hydroxylamine groups is 1. The van der Waals surface area contributed by atoms with Gasteiger partial charge in [-0.05, 0) is 68.7 Å². The van der Waals surface area contributed by atoms with E-state index in [1.54, 1.807) is 17.6 Å². The van der Waals surface area contributed by atoms with Crippen molar-refractivity contribution in [3.63, 3.8) is 0 Å². The number of rotatable bonds is 5. The number of amides is 1. The van der Waals surface area contributed by atoms with Gasteiger partial charge < -0.3 is 15.1 Å². The first-order chi connectivity index (χ1) is 14.8. The van der Waals surface area contributed by atoms with Gasteiger partial charge in [-0.3, -0.25) is 4.79 Å². The molecule has 1 amide bonds. The molecule has 3 aromatic rings. The lowest BCUT2D eigenvalue weighted by Crippen LogP contribution is -2.22. The van der Waals surface area contributed by atoms with Gasteiger partial charge in [0, 0.05) is 36.2 Å². The number of aromatic nitrogens is 1. The lowest BCUT2D eigenvalue weighted by Gasteiger charge is -2.09. The van der Waals surface area contributed by atoms with Gasteiger partial charge in [-0.15, -0.1) is 0 Å². The van der Waals surface area contributed by atoms with Crippen LogP contribution in [0.1, 0.15) is 42.7 Å². The van der Waals surface area contributed by atoms with E-state index in [1.807, 2.05) is 38.1 Å². The Morgan fingerprint density at radius 3 is 2.45 bits per heavy atom. The highest BCUT2D eigenvalue weighted by molar-refractivity contribution is 5.86. The molecule has 6 nitrogen and oxygen atoms in total. The van der Waals surface area contributed by atoms with Crippen molar-refractivity contribution in [3.05, 3.63) is 70.7 Å². The molecule has 7 heteroatoms. The summed E-state index contributed by atoms with van der Waals surface area (Å²) < 4.78 is 15.5. The smallest absolute Gasteiger partial charge is 0.207 e. The summed E-state index contributed by atoms with van der Waals surface area (Å²) in [6.45, 7) is 8.73. The van der Waals surface area contributed by atoms with Gasteiger partial charge >= 0.3 is 0 Å². The Bertz CT molecular complexity index is 1020. The maximum atomic E-state index is 13.3. The molecule has 1 unspecified atom stereocenters. The number of halogens is 1. The second-order valence-corrected chi connectivity index (χ2v) is 7.09. The number of nitrogens with one attached hydrogen (secondary N) is 2. The predicted molar refractivity (Wildman–Crippen MR) is 121 cm³/mol. The summed E-state index contributed by atoms with van der Waals surface area (Å²) in [5.41, 5.74) is 6.73. The van der Waals surface area contributed by atoms with Gasteiger partial charge in [-0.2, -0.15) is 5.26 Å². The number of aryl methyl sites for hydroxylation is 1. The Hall–Kier alpha value is -3.21. The van der Waals surface area contributed by atoms with Gasteiger partial charge in [0.2, 0.25) is 6.41 Å². The van der Waals surface area contributed by atoms with E-state index in [0.717, 1.165) is 35.0 Å². The summed E-state index contributed by atoms with van der Waals surface area (Å²) in [4.78, 5) is 9.66. The summed E-state index contributed by atoms with van der Waals surface area (Å²) in [6.07, 6.45) is 1.73. The third-order valence-electron chi connectivity index (χ3n) is 4.96. The number of fused-ring (bicyclic) bond motifs is 1. The van der Waals surface area contributed by atoms with Crippen molar-refractivity contribution in [1.82, 2.24) is 15.4 Å². The molecule has 2 aromatic carbocycles. The highest BCUT2D eigenvalue weighted by Gasteiger charge is 2.12. The van der Waals surface area contributed by atoms with Crippen molar-refractivity contribution in [2.75, 3.05) is 7.05 Å². The molecule has 3 rings (SSSR count). The van der Waals surface area contributed by atoms with Crippen LogP contribution in [0.2, 0.25) is 0 Å². The molecule has 0 aliphatic carbocycles. The van der Waals surface area contributed by atoms with Crippen LogP contribution in [0, 0.1) is 31.0 Å². The first-order valence-electron chi connectivity index (χ1n) is 10.1. The van der Waals surface area contributed by atoms with E-state index in [4.69, 9.17) is 10.5 Å². The minimum atomic E-state index is -0.217. The quantitative estimate of drug-likeness (QED) is 0.415. The van der Waals surface area contributed by atoms with E-state index in [1.165, 1.54) is 18.7 Å². The first kappa shape index (κ1) is 25.8. The number of carbonyl (C=O) groups is 1. The van der Waals surface area contributed by atoms with E-state index in [-0.39, 0.29) is 5.82 Å². The maximum Gasteiger partial charge on any atom is 0.207 e. The van der Waals surface area contributed by atoms with Crippen LogP contribution in [-0.4, -0.2) is 29.3 Å². The molecule has 0 fully saturated rings. The van der Waals surface area contributed by atoms with Crippen LogP contribution in [-0.2, 0) is 11.3 Å². The summed E-state index contributed by atoms with van der Waals surface area (Å²) in [5.74, 6) is -0.217. The van der Waals surface area contributed by atoms with Gasteiger partial charge in [0.05, 0.1) is 11.6 Å².